The van der Waals surface area contributed by atoms with E-state index in [-0.39, 0.29) is 16.7 Å². The summed E-state index contributed by atoms with van der Waals surface area (Å²) in [6.45, 7) is 13.3. The van der Waals surface area contributed by atoms with Gasteiger partial charge in [-0.3, -0.25) is 18.5 Å². The Morgan fingerprint density at radius 2 is 1.96 bits per heavy atom. The maximum absolute atomic E-state index is 13.1. The molecule has 140 valence electrons. The monoisotopic (exact) mass is 358 g/mol. The SMILES string of the molecule is C=CCN1N=C(C(C)(C)C)Cn2c1nc1c2c(=O)n(CCC)c(=O)n1C. The lowest BCUT2D eigenvalue weighted by Gasteiger charge is -2.30. The molecule has 0 spiro atoms. The number of nitrogens with zero attached hydrogens (tertiary/aromatic N) is 6. The largest absolute Gasteiger partial charge is 0.332 e. The van der Waals surface area contributed by atoms with Gasteiger partial charge < -0.3 is 0 Å². The number of hydrogen-bond acceptors (Lipinski definition) is 5. The van der Waals surface area contributed by atoms with Crippen LogP contribution < -0.4 is 16.3 Å². The Morgan fingerprint density at radius 3 is 2.54 bits per heavy atom. The van der Waals surface area contributed by atoms with Crippen molar-refractivity contribution in [2.45, 2.75) is 47.2 Å². The van der Waals surface area contributed by atoms with E-state index >= 15 is 0 Å². The number of rotatable bonds is 4. The Balaban J connectivity index is 2.35. The van der Waals surface area contributed by atoms with Crippen molar-refractivity contribution in [2.24, 2.45) is 17.6 Å². The van der Waals surface area contributed by atoms with Crippen molar-refractivity contribution in [2.75, 3.05) is 11.6 Å². The minimum absolute atomic E-state index is 0.156. The van der Waals surface area contributed by atoms with E-state index in [9.17, 15) is 9.59 Å². The normalized spacial score (nSPS) is 14.5. The first-order valence-corrected chi connectivity index (χ1v) is 8.87. The number of hydrogen-bond donors (Lipinski definition) is 0. The van der Waals surface area contributed by atoms with Crippen LogP contribution in [-0.4, -0.2) is 30.9 Å². The molecule has 0 fully saturated rings. The van der Waals surface area contributed by atoms with E-state index in [2.05, 4.69) is 32.3 Å². The molecule has 26 heavy (non-hydrogen) atoms. The molecule has 0 N–H and O–H groups in total. The van der Waals surface area contributed by atoms with Crippen molar-refractivity contribution in [3.05, 3.63) is 33.5 Å². The van der Waals surface area contributed by atoms with E-state index in [1.165, 1.54) is 9.13 Å². The smallest absolute Gasteiger partial charge is 0.297 e. The third-order valence-electron chi connectivity index (χ3n) is 4.61. The quantitative estimate of drug-likeness (QED) is 0.780. The number of hydrazone groups is 1. The van der Waals surface area contributed by atoms with E-state index in [0.717, 1.165) is 5.71 Å². The molecule has 0 radical (unpaired) electrons. The van der Waals surface area contributed by atoms with Gasteiger partial charge in [-0.15, -0.1) is 6.58 Å². The molecule has 8 heteroatoms. The summed E-state index contributed by atoms with van der Waals surface area (Å²) in [5.41, 5.74) is 0.991. The third-order valence-corrected chi connectivity index (χ3v) is 4.61. The highest BCUT2D eigenvalue weighted by Gasteiger charge is 2.31. The summed E-state index contributed by atoms with van der Waals surface area (Å²) in [7, 11) is 1.65. The van der Waals surface area contributed by atoms with Gasteiger partial charge in [-0.05, 0) is 6.42 Å². The molecule has 8 nitrogen and oxygen atoms in total. The van der Waals surface area contributed by atoms with Crippen LogP contribution in [0.2, 0.25) is 0 Å². The second-order valence-corrected chi connectivity index (χ2v) is 7.64. The highest BCUT2D eigenvalue weighted by Crippen LogP contribution is 2.28. The van der Waals surface area contributed by atoms with E-state index in [1.54, 1.807) is 18.1 Å². The van der Waals surface area contributed by atoms with Crippen LogP contribution in [-0.2, 0) is 20.1 Å². The summed E-state index contributed by atoms with van der Waals surface area (Å²) in [6, 6.07) is 0. The van der Waals surface area contributed by atoms with Crippen LogP contribution in [0.4, 0.5) is 5.95 Å². The first kappa shape index (κ1) is 18.2. The molecule has 0 saturated carbocycles. The van der Waals surface area contributed by atoms with E-state index in [4.69, 9.17) is 5.10 Å². The highest BCUT2D eigenvalue weighted by atomic mass is 16.2. The van der Waals surface area contributed by atoms with Gasteiger partial charge in [-0.2, -0.15) is 10.1 Å². The molecule has 2 aromatic heterocycles. The van der Waals surface area contributed by atoms with E-state index < -0.39 is 0 Å². The summed E-state index contributed by atoms with van der Waals surface area (Å²) in [6.07, 6.45) is 2.45. The van der Waals surface area contributed by atoms with Gasteiger partial charge in [0.1, 0.15) is 0 Å². The van der Waals surface area contributed by atoms with Gasteiger partial charge >= 0.3 is 5.69 Å². The molecule has 3 rings (SSSR count). The van der Waals surface area contributed by atoms with Crippen LogP contribution in [0.15, 0.2) is 27.3 Å². The van der Waals surface area contributed by atoms with Crippen molar-refractivity contribution in [1.29, 1.82) is 0 Å². The zero-order valence-electron chi connectivity index (χ0n) is 16.1. The van der Waals surface area contributed by atoms with E-state index in [0.29, 0.717) is 43.2 Å². The van der Waals surface area contributed by atoms with Crippen molar-refractivity contribution in [1.82, 2.24) is 18.7 Å². The molecular weight excluding hydrogens is 332 g/mol. The average molecular weight is 358 g/mol. The Labute approximate surface area is 152 Å². The lowest BCUT2D eigenvalue weighted by atomic mass is 9.89. The Kier molecular flexibility index (Phi) is 4.37. The minimum atomic E-state index is -0.341. The van der Waals surface area contributed by atoms with Crippen LogP contribution in [0.25, 0.3) is 11.2 Å². The Bertz CT molecular complexity index is 1020. The van der Waals surface area contributed by atoms with Gasteiger partial charge in [0.25, 0.3) is 5.56 Å². The van der Waals surface area contributed by atoms with Crippen molar-refractivity contribution < 1.29 is 0 Å². The number of aromatic nitrogens is 4. The van der Waals surface area contributed by atoms with Crippen LogP contribution >= 0.6 is 0 Å². The molecule has 0 amide bonds. The molecule has 0 saturated heterocycles. The molecular formula is C18H26N6O2. The Hall–Kier alpha value is -2.64. The second kappa shape index (κ2) is 6.26. The molecule has 0 aromatic carbocycles. The van der Waals surface area contributed by atoms with Gasteiger partial charge in [0, 0.05) is 19.0 Å². The minimum Gasteiger partial charge on any atom is -0.297 e. The summed E-state index contributed by atoms with van der Waals surface area (Å²) >= 11 is 0. The summed E-state index contributed by atoms with van der Waals surface area (Å²) in [4.78, 5) is 30.2. The fourth-order valence-corrected chi connectivity index (χ4v) is 3.13. The molecule has 0 bridgehead atoms. The van der Waals surface area contributed by atoms with Crippen molar-refractivity contribution >= 4 is 22.8 Å². The lowest BCUT2D eigenvalue weighted by Crippen LogP contribution is -2.40. The van der Waals surface area contributed by atoms with Crippen LogP contribution in [0, 0.1) is 5.41 Å². The summed E-state index contributed by atoms with van der Waals surface area (Å²) in [5, 5.41) is 6.46. The molecule has 0 atom stereocenters. The maximum Gasteiger partial charge on any atom is 0.332 e. The lowest BCUT2D eigenvalue weighted by molar-refractivity contribution is 0.551. The number of fused-ring (bicyclic) bond motifs is 3. The first-order valence-electron chi connectivity index (χ1n) is 8.87. The zero-order valence-corrected chi connectivity index (χ0v) is 16.1. The number of anilines is 1. The Morgan fingerprint density at radius 1 is 1.27 bits per heavy atom. The molecule has 1 aliphatic rings. The summed E-state index contributed by atoms with van der Waals surface area (Å²) in [5.74, 6) is 0.564. The summed E-state index contributed by atoms with van der Waals surface area (Å²) < 4.78 is 4.61. The van der Waals surface area contributed by atoms with Crippen molar-refractivity contribution in [3.63, 3.8) is 0 Å². The van der Waals surface area contributed by atoms with Crippen LogP contribution in [0.5, 0.6) is 0 Å². The topological polar surface area (TPSA) is 77.4 Å². The predicted molar refractivity (Wildman–Crippen MR) is 104 cm³/mol. The fourth-order valence-electron chi connectivity index (χ4n) is 3.13. The molecule has 0 unspecified atom stereocenters. The third kappa shape index (κ3) is 2.69. The standard InChI is InChI=1S/C18H26N6O2/c1-7-9-22-15(25)13-14(21(6)17(22)26)19-16-23(13)11-12(18(3,4)5)20-24(16)10-8-2/h8H,2,7,9-11H2,1,3-6H3. The van der Waals surface area contributed by atoms with E-state index in [1.807, 2.05) is 11.5 Å². The number of imidazole rings is 1. The predicted octanol–water partition coefficient (Wildman–Crippen LogP) is 1.71. The molecule has 0 aliphatic carbocycles. The highest BCUT2D eigenvalue weighted by molar-refractivity contribution is 5.93. The second-order valence-electron chi connectivity index (χ2n) is 7.64. The van der Waals surface area contributed by atoms with Gasteiger partial charge in [-0.25, -0.2) is 9.80 Å². The first-order chi connectivity index (χ1) is 12.2. The molecule has 2 aromatic rings. The molecule has 1 aliphatic heterocycles. The van der Waals surface area contributed by atoms with Gasteiger partial charge in [0.05, 0.1) is 18.8 Å². The average Bonchev–Trinajstić information content (AvgIpc) is 2.96. The van der Waals surface area contributed by atoms with Gasteiger partial charge in [0.2, 0.25) is 5.95 Å². The van der Waals surface area contributed by atoms with Gasteiger partial charge in [-0.1, -0.05) is 33.8 Å². The van der Waals surface area contributed by atoms with Crippen molar-refractivity contribution in [3.8, 4) is 0 Å². The molecule has 3 heterocycles. The van der Waals surface area contributed by atoms with Crippen LogP contribution in [0.1, 0.15) is 34.1 Å². The van der Waals surface area contributed by atoms with Gasteiger partial charge in [0.15, 0.2) is 11.2 Å². The fraction of sp³-hybridized carbons (Fsp3) is 0.556. The number of aryl methyl sites for hydroxylation is 1. The zero-order chi connectivity index (χ0) is 19.2. The maximum atomic E-state index is 13.1. The van der Waals surface area contributed by atoms with Crippen LogP contribution in [0.3, 0.4) is 0 Å².